The van der Waals surface area contributed by atoms with Gasteiger partial charge in [-0.2, -0.15) is 0 Å². The van der Waals surface area contributed by atoms with Gasteiger partial charge in [0.2, 0.25) is 0 Å². The van der Waals surface area contributed by atoms with E-state index < -0.39 is 0 Å². The highest BCUT2D eigenvalue weighted by Gasteiger charge is 2.34. The Hall–Kier alpha value is -3.44. The summed E-state index contributed by atoms with van der Waals surface area (Å²) in [5.74, 6) is 2.41. The largest absolute Gasteiger partial charge is 0.496 e. The van der Waals surface area contributed by atoms with Crippen molar-refractivity contribution in [2.75, 3.05) is 20.8 Å². The van der Waals surface area contributed by atoms with Crippen molar-refractivity contribution in [2.24, 2.45) is 0 Å². The third-order valence-corrected chi connectivity index (χ3v) is 7.13. The first-order chi connectivity index (χ1) is 16.2. The zero-order valence-electron chi connectivity index (χ0n) is 19.1. The fourth-order valence-electron chi connectivity index (χ4n) is 5.46. The second-order valence-corrected chi connectivity index (χ2v) is 8.87. The summed E-state index contributed by atoms with van der Waals surface area (Å²) in [5.41, 5.74) is 7.79. The zero-order chi connectivity index (χ0) is 22.4. The van der Waals surface area contributed by atoms with Crippen LogP contribution in [-0.2, 0) is 26.0 Å². The number of benzene rings is 3. The molecule has 0 spiro atoms. The van der Waals surface area contributed by atoms with Gasteiger partial charge in [0.1, 0.15) is 12.4 Å². The smallest absolute Gasteiger partial charge is 0.161 e. The number of para-hydroxylation sites is 2. The van der Waals surface area contributed by atoms with Crippen LogP contribution in [0.1, 0.15) is 34.0 Å². The number of methoxy groups -OCH3 is 2. The topological polar surface area (TPSA) is 46.7 Å². The molecule has 1 atom stereocenters. The molecule has 168 valence electrons. The van der Waals surface area contributed by atoms with Gasteiger partial charge < -0.3 is 19.2 Å². The van der Waals surface area contributed by atoms with Crippen LogP contribution in [0.25, 0.3) is 10.9 Å². The van der Waals surface area contributed by atoms with Crippen molar-refractivity contribution in [3.05, 3.63) is 88.6 Å². The van der Waals surface area contributed by atoms with E-state index in [9.17, 15) is 0 Å². The Morgan fingerprint density at radius 1 is 0.939 bits per heavy atom. The molecule has 1 N–H and O–H groups in total. The minimum Gasteiger partial charge on any atom is -0.496 e. The Balaban J connectivity index is 1.32. The van der Waals surface area contributed by atoms with Gasteiger partial charge in [-0.25, -0.2) is 0 Å². The number of fused-ring (bicyclic) bond motifs is 6. The van der Waals surface area contributed by atoms with Crippen LogP contribution in [0.4, 0.5) is 0 Å². The van der Waals surface area contributed by atoms with Crippen LogP contribution >= 0.6 is 0 Å². The molecule has 1 unspecified atom stereocenters. The Morgan fingerprint density at radius 2 is 1.76 bits per heavy atom. The molecule has 0 fully saturated rings. The summed E-state index contributed by atoms with van der Waals surface area (Å²) in [6.07, 6.45) is 2.02. The normalized spacial score (nSPS) is 17.2. The monoisotopic (exact) mass is 440 g/mol. The van der Waals surface area contributed by atoms with E-state index in [1.54, 1.807) is 14.2 Å². The maximum Gasteiger partial charge on any atom is 0.161 e. The number of H-pyrrole nitrogens is 1. The van der Waals surface area contributed by atoms with Crippen LogP contribution in [-0.4, -0.2) is 30.6 Å². The Morgan fingerprint density at radius 3 is 2.64 bits per heavy atom. The van der Waals surface area contributed by atoms with E-state index >= 15 is 0 Å². The molecule has 4 aromatic rings. The van der Waals surface area contributed by atoms with Gasteiger partial charge >= 0.3 is 0 Å². The summed E-state index contributed by atoms with van der Waals surface area (Å²) in [6.45, 7) is 2.45. The molecule has 5 heteroatoms. The van der Waals surface area contributed by atoms with E-state index in [0.29, 0.717) is 12.6 Å². The maximum atomic E-state index is 6.24. The van der Waals surface area contributed by atoms with Crippen molar-refractivity contribution in [3.63, 3.8) is 0 Å². The molecule has 0 saturated heterocycles. The lowest BCUT2D eigenvalue weighted by molar-refractivity contribution is 0.158. The van der Waals surface area contributed by atoms with Crippen molar-refractivity contribution in [2.45, 2.75) is 32.0 Å². The van der Waals surface area contributed by atoms with Gasteiger partial charge in [0.25, 0.3) is 0 Å². The Labute approximate surface area is 193 Å². The fourth-order valence-corrected chi connectivity index (χ4v) is 5.46. The van der Waals surface area contributed by atoms with Gasteiger partial charge in [-0.05, 0) is 53.8 Å². The van der Waals surface area contributed by atoms with Crippen LogP contribution in [0.3, 0.4) is 0 Å². The highest BCUT2D eigenvalue weighted by Crippen LogP contribution is 2.44. The molecule has 33 heavy (non-hydrogen) atoms. The highest BCUT2D eigenvalue weighted by molar-refractivity contribution is 5.85. The minimum absolute atomic E-state index is 0.359. The Bertz CT molecular complexity index is 1330. The molecule has 0 saturated carbocycles. The summed E-state index contributed by atoms with van der Waals surface area (Å²) < 4.78 is 17.5. The lowest BCUT2D eigenvalue weighted by Crippen LogP contribution is -2.39. The molecule has 2 aliphatic rings. The predicted octanol–water partition coefficient (Wildman–Crippen LogP) is 5.42. The molecule has 1 aromatic heterocycles. The average Bonchev–Trinajstić information content (AvgIpc) is 3.23. The standard InChI is InChI=1S/C28H28N2O3/c1-31-26-10-6-3-7-19(26)17-33-28-13-18-11-12-30-16-24-22(20-8-4-5-9-23(20)29-24)14-25(30)21(18)15-27(28)32-2/h3-10,13,15,25,29H,11-12,14,16-17H2,1-2H3. The second-order valence-electron chi connectivity index (χ2n) is 8.87. The van der Waals surface area contributed by atoms with Crippen molar-refractivity contribution >= 4 is 10.9 Å². The third-order valence-electron chi connectivity index (χ3n) is 7.13. The lowest BCUT2D eigenvalue weighted by atomic mass is 9.85. The molecule has 0 aliphatic carbocycles. The fraction of sp³-hybridized carbons (Fsp3) is 0.286. The lowest BCUT2D eigenvalue weighted by Gasteiger charge is -2.40. The van der Waals surface area contributed by atoms with Gasteiger partial charge in [0.15, 0.2) is 11.5 Å². The van der Waals surface area contributed by atoms with Crippen LogP contribution in [0.15, 0.2) is 60.7 Å². The number of aromatic amines is 1. The number of nitrogens with zero attached hydrogens (tertiary/aromatic N) is 1. The van der Waals surface area contributed by atoms with Crippen molar-refractivity contribution in [1.82, 2.24) is 9.88 Å². The number of hydrogen-bond acceptors (Lipinski definition) is 4. The van der Waals surface area contributed by atoms with Crippen LogP contribution in [0, 0.1) is 0 Å². The number of nitrogens with one attached hydrogen (secondary N) is 1. The van der Waals surface area contributed by atoms with E-state index in [2.05, 4.69) is 46.3 Å². The maximum absolute atomic E-state index is 6.24. The molecular weight excluding hydrogens is 412 g/mol. The summed E-state index contributed by atoms with van der Waals surface area (Å²) in [6, 6.07) is 21.3. The second kappa shape index (κ2) is 8.16. The van der Waals surface area contributed by atoms with Crippen molar-refractivity contribution < 1.29 is 14.2 Å². The quantitative estimate of drug-likeness (QED) is 0.450. The van der Waals surface area contributed by atoms with E-state index in [1.165, 1.54) is 33.3 Å². The van der Waals surface area contributed by atoms with Gasteiger partial charge in [-0.15, -0.1) is 0 Å². The first-order valence-corrected chi connectivity index (χ1v) is 11.5. The zero-order valence-corrected chi connectivity index (χ0v) is 19.1. The molecule has 0 radical (unpaired) electrons. The van der Waals surface area contributed by atoms with Crippen LogP contribution in [0.5, 0.6) is 17.2 Å². The van der Waals surface area contributed by atoms with E-state index in [0.717, 1.165) is 48.7 Å². The summed E-state index contributed by atoms with van der Waals surface area (Å²) in [4.78, 5) is 6.24. The minimum atomic E-state index is 0.359. The molecule has 3 aromatic carbocycles. The predicted molar refractivity (Wildman–Crippen MR) is 129 cm³/mol. The summed E-state index contributed by atoms with van der Waals surface area (Å²) in [7, 11) is 3.41. The van der Waals surface area contributed by atoms with Crippen LogP contribution < -0.4 is 14.2 Å². The SMILES string of the molecule is COc1ccccc1COc1cc2c(cc1OC)C1Cc3c([nH]c4ccccc34)CN1CC2. The Kier molecular flexibility index (Phi) is 4.99. The molecule has 2 aliphatic heterocycles. The molecule has 0 bridgehead atoms. The van der Waals surface area contributed by atoms with E-state index in [1.807, 2.05) is 24.3 Å². The highest BCUT2D eigenvalue weighted by atomic mass is 16.5. The van der Waals surface area contributed by atoms with Gasteiger partial charge in [0.05, 0.1) is 14.2 Å². The molecule has 3 heterocycles. The summed E-state index contributed by atoms with van der Waals surface area (Å²) in [5, 5.41) is 1.35. The van der Waals surface area contributed by atoms with Crippen molar-refractivity contribution in [3.8, 4) is 17.2 Å². The van der Waals surface area contributed by atoms with Gasteiger partial charge in [-0.3, -0.25) is 4.90 Å². The van der Waals surface area contributed by atoms with E-state index in [-0.39, 0.29) is 0 Å². The first-order valence-electron chi connectivity index (χ1n) is 11.5. The number of aromatic nitrogens is 1. The molecule has 6 rings (SSSR count). The van der Waals surface area contributed by atoms with Crippen molar-refractivity contribution in [1.29, 1.82) is 0 Å². The van der Waals surface area contributed by atoms with Gasteiger partial charge in [-0.1, -0.05) is 36.4 Å². The summed E-state index contributed by atoms with van der Waals surface area (Å²) >= 11 is 0. The molecule has 5 nitrogen and oxygen atoms in total. The average molecular weight is 441 g/mol. The number of rotatable bonds is 5. The van der Waals surface area contributed by atoms with Crippen LogP contribution in [0.2, 0.25) is 0 Å². The first kappa shape index (κ1) is 20.2. The molecular formula is C28H28N2O3. The van der Waals surface area contributed by atoms with E-state index in [4.69, 9.17) is 14.2 Å². The third kappa shape index (κ3) is 3.44. The number of ether oxygens (including phenoxy) is 3. The number of hydrogen-bond donors (Lipinski definition) is 1. The molecule has 0 amide bonds. The van der Waals surface area contributed by atoms with Gasteiger partial charge in [0, 0.05) is 41.3 Å².